The van der Waals surface area contributed by atoms with E-state index in [1.807, 2.05) is 56.3 Å². The molecule has 24 heavy (non-hydrogen) atoms. The molecule has 0 atom stereocenters. The molecule has 0 spiro atoms. The third-order valence-corrected chi connectivity index (χ3v) is 3.78. The highest BCUT2D eigenvalue weighted by Gasteiger charge is 2.05. The molecular formula is C20H20FN3. The van der Waals surface area contributed by atoms with Gasteiger partial charge in [-0.15, -0.1) is 0 Å². The second kappa shape index (κ2) is 7.13. The van der Waals surface area contributed by atoms with Crippen LogP contribution in [0.2, 0.25) is 0 Å². The van der Waals surface area contributed by atoms with Crippen molar-refractivity contribution in [3.8, 4) is 0 Å². The Bertz CT molecular complexity index is 906. The molecule has 1 aromatic heterocycles. The van der Waals surface area contributed by atoms with Crippen molar-refractivity contribution >= 4 is 22.3 Å². The molecule has 0 aliphatic carbocycles. The molecule has 2 aromatic carbocycles. The second-order valence-corrected chi connectivity index (χ2v) is 5.68. The zero-order valence-electron chi connectivity index (χ0n) is 13.8. The van der Waals surface area contributed by atoms with Crippen molar-refractivity contribution in [2.45, 2.75) is 20.4 Å². The van der Waals surface area contributed by atoms with Crippen LogP contribution in [-0.2, 0) is 6.54 Å². The number of aromatic amines is 1. The van der Waals surface area contributed by atoms with E-state index in [0.717, 1.165) is 33.7 Å². The van der Waals surface area contributed by atoms with Crippen LogP contribution in [0.4, 0.5) is 10.1 Å². The maximum atomic E-state index is 13.2. The molecule has 0 aliphatic heterocycles. The van der Waals surface area contributed by atoms with Gasteiger partial charge in [0.1, 0.15) is 11.6 Å². The summed E-state index contributed by atoms with van der Waals surface area (Å²) < 4.78 is 13.2. The van der Waals surface area contributed by atoms with Crippen LogP contribution in [0.1, 0.15) is 25.2 Å². The quantitative estimate of drug-likeness (QED) is 0.627. The number of allylic oxidation sites excluding steroid dienone is 4. The van der Waals surface area contributed by atoms with Crippen molar-refractivity contribution in [3.63, 3.8) is 0 Å². The van der Waals surface area contributed by atoms with Crippen LogP contribution in [0.3, 0.4) is 0 Å². The van der Waals surface area contributed by atoms with Crippen LogP contribution in [-0.4, -0.2) is 9.97 Å². The number of H-pyrrole nitrogens is 1. The number of rotatable bonds is 5. The molecule has 1 heterocycles. The fraction of sp³-hybridized carbons (Fsp3) is 0.150. The van der Waals surface area contributed by atoms with Crippen LogP contribution < -0.4 is 5.32 Å². The fourth-order valence-corrected chi connectivity index (χ4v) is 2.48. The van der Waals surface area contributed by atoms with Crippen molar-refractivity contribution < 1.29 is 4.39 Å². The van der Waals surface area contributed by atoms with E-state index in [0.29, 0.717) is 6.54 Å². The first kappa shape index (κ1) is 16.0. The predicted octanol–water partition coefficient (Wildman–Crippen LogP) is 5.29. The summed E-state index contributed by atoms with van der Waals surface area (Å²) >= 11 is 0. The largest absolute Gasteiger partial charge is 0.381 e. The number of hydrogen-bond donors (Lipinski definition) is 2. The average Bonchev–Trinajstić information content (AvgIpc) is 3.01. The average molecular weight is 321 g/mol. The van der Waals surface area contributed by atoms with E-state index in [1.165, 1.54) is 12.1 Å². The fourth-order valence-electron chi connectivity index (χ4n) is 2.48. The summed E-state index contributed by atoms with van der Waals surface area (Å²) in [5.41, 5.74) is 4.86. The number of nitrogens with zero attached hydrogens (tertiary/aromatic N) is 1. The lowest BCUT2D eigenvalue weighted by atomic mass is 10.2. The Morgan fingerprint density at radius 3 is 2.92 bits per heavy atom. The van der Waals surface area contributed by atoms with Gasteiger partial charge in [0.2, 0.25) is 0 Å². The first-order chi connectivity index (χ1) is 11.7. The van der Waals surface area contributed by atoms with Gasteiger partial charge < -0.3 is 10.3 Å². The number of aromatic nitrogens is 2. The smallest absolute Gasteiger partial charge is 0.134 e. The molecule has 0 fully saturated rings. The summed E-state index contributed by atoms with van der Waals surface area (Å²) in [7, 11) is 0. The highest BCUT2D eigenvalue weighted by atomic mass is 19.1. The molecule has 0 saturated heterocycles. The van der Waals surface area contributed by atoms with Gasteiger partial charge in [0.25, 0.3) is 0 Å². The van der Waals surface area contributed by atoms with Crippen molar-refractivity contribution in [2.24, 2.45) is 0 Å². The maximum Gasteiger partial charge on any atom is 0.134 e. The molecule has 0 amide bonds. The van der Waals surface area contributed by atoms with Gasteiger partial charge in [-0.3, -0.25) is 0 Å². The lowest BCUT2D eigenvalue weighted by molar-refractivity contribution is 0.626. The van der Waals surface area contributed by atoms with Crippen LogP contribution >= 0.6 is 0 Å². The Labute approximate surface area is 140 Å². The minimum Gasteiger partial charge on any atom is -0.381 e. The molecule has 0 bridgehead atoms. The van der Waals surface area contributed by atoms with Gasteiger partial charge in [0.15, 0.2) is 0 Å². The Morgan fingerprint density at radius 2 is 2.12 bits per heavy atom. The number of anilines is 1. The number of halogens is 1. The molecule has 0 saturated carbocycles. The van der Waals surface area contributed by atoms with Crippen molar-refractivity contribution in [1.82, 2.24) is 9.97 Å². The summed E-state index contributed by atoms with van der Waals surface area (Å²) in [4.78, 5) is 7.94. The molecule has 3 aromatic rings. The normalized spacial score (nSPS) is 12.2. The van der Waals surface area contributed by atoms with Crippen LogP contribution in [0.15, 0.2) is 60.7 Å². The third kappa shape index (κ3) is 3.71. The predicted molar refractivity (Wildman–Crippen MR) is 98.3 cm³/mol. The number of hydrogen-bond acceptors (Lipinski definition) is 2. The maximum absolute atomic E-state index is 13.2. The Morgan fingerprint density at radius 1 is 1.25 bits per heavy atom. The van der Waals surface area contributed by atoms with Gasteiger partial charge in [-0.1, -0.05) is 30.4 Å². The van der Waals surface area contributed by atoms with Gasteiger partial charge in [-0.25, -0.2) is 9.37 Å². The number of nitrogens with one attached hydrogen (secondary N) is 2. The molecule has 3 rings (SSSR count). The van der Waals surface area contributed by atoms with Gasteiger partial charge in [0, 0.05) is 12.2 Å². The van der Waals surface area contributed by atoms with E-state index >= 15 is 0 Å². The van der Waals surface area contributed by atoms with E-state index in [9.17, 15) is 4.39 Å². The summed E-state index contributed by atoms with van der Waals surface area (Å²) in [5, 5.41) is 3.31. The van der Waals surface area contributed by atoms with Gasteiger partial charge in [0.05, 0.1) is 11.0 Å². The molecule has 4 heteroatoms. The second-order valence-electron chi connectivity index (χ2n) is 5.68. The summed E-state index contributed by atoms with van der Waals surface area (Å²) in [6, 6.07) is 12.6. The minimum absolute atomic E-state index is 0.216. The summed E-state index contributed by atoms with van der Waals surface area (Å²) in [5.74, 6) is 0.650. The molecule has 0 unspecified atom stereocenters. The lowest BCUT2D eigenvalue weighted by Gasteiger charge is -2.06. The first-order valence-electron chi connectivity index (χ1n) is 7.94. The lowest BCUT2D eigenvalue weighted by Crippen LogP contribution is -1.99. The Kier molecular flexibility index (Phi) is 4.75. The zero-order valence-corrected chi connectivity index (χ0v) is 13.8. The van der Waals surface area contributed by atoms with Crippen LogP contribution in [0, 0.1) is 5.82 Å². The highest BCUT2D eigenvalue weighted by molar-refractivity contribution is 5.82. The summed E-state index contributed by atoms with van der Waals surface area (Å²) in [6.07, 6.45) is 6.01. The van der Waals surface area contributed by atoms with Crippen molar-refractivity contribution in [2.75, 3.05) is 5.32 Å². The Balaban J connectivity index is 1.78. The molecule has 122 valence electrons. The molecule has 2 N–H and O–H groups in total. The summed E-state index contributed by atoms with van der Waals surface area (Å²) in [6.45, 7) is 4.59. The van der Waals surface area contributed by atoms with Crippen molar-refractivity contribution in [1.29, 1.82) is 0 Å². The Hall–Kier alpha value is -2.88. The third-order valence-electron chi connectivity index (χ3n) is 3.78. The van der Waals surface area contributed by atoms with Gasteiger partial charge in [-0.05, 0) is 55.3 Å². The zero-order chi connectivity index (χ0) is 16.9. The number of imidazole rings is 1. The van der Waals surface area contributed by atoms with Crippen molar-refractivity contribution in [3.05, 3.63) is 77.9 Å². The van der Waals surface area contributed by atoms with E-state index in [-0.39, 0.29) is 5.82 Å². The van der Waals surface area contributed by atoms with Crippen LogP contribution in [0.25, 0.3) is 16.6 Å². The minimum atomic E-state index is -0.216. The van der Waals surface area contributed by atoms with E-state index in [4.69, 9.17) is 0 Å². The van der Waals surface area contributed by atoms with Gasteiger partial charge in [-0.2, -0.15) is 0 Å². The van der Waals surface area contributed by atoms with E-state index in [1.54, 1.807) is 6.07 Å². The highest BCUT2D eigenvalue weighted by Crippen LogP contribution is 2.21. The molecular weight excluding hydrogens is 301 g/mol. The number of benzene rings is 2. The molecule has 0 aliphatic rings. The first-order valence-corrected chi connectivity index (χ1v) is 7.94. The standard InChI is InChI=1S/C20H20FN3/c1-3-4-6-14(2)20-23-18-10-9-17(12-19(18)24-20)22-13-15-7-5-8-16(21)11-15/h3-12,22H,13H2,1-2H3,(H,23,24)/b4-3-,14-6+. The monoisotopic (exact) mass is 321 g/mol. The SMILES string of the molecule is C/C=C\C=C(/C)c1nc2ccc(NCc3cccc(F)c3)cc2[nH]1. The van der Waals surface area contributed by atoms with E-state index in [2.05, 4.69) is 15.3 Å². The molecule has 3 nitrogen and oxygen atoms in total. The molecule has 0 radical (unpaired) electrons. The topological polar surface area (TPSA) is 40.7 Å². The van der Waals surface area contributed by atoms with E-state index < -0.39 is 0 Å². The van der Waals surface area contributed by atoms with Crippen LogP contribution in [0.5, 0.6) is 0 Å². The van der Waals surface area contributed by atoms with Gasteiger partial charge >= 0.3 is 0 Å². The number of fused-ring (bicyclic) bond motifs is 1.